The molecule has 1 aromatic carbocycles. The largest absolute Gasteiger partial charge is 0.497 e. The second-order valence-corrected chi connectivity index (χ2v) is 4.99. The molecule has 1 heterocycles. The van der Waals surface area contributed by atoms with E-state index < -0.39 is 5.54 Å². The van der Waals surface area contributed by atoms with Gasteiger partial charge in [0.05, 0.1) is 14.2 Å². The van der Waals surface area contributed by atoms with Crippen molar-refractivity contribution in [1.29, 1.82) is 0 Å². The van der Waals surface area contributed by atoms with Gasteiger partial charge in [0.15, 0.2) is 0 Å². The minimum Gasteiger partial charge on any atom is -0.497 e. The first-order valence-corrected chi connectivity index (χ1v) is 6.66. The Hall–Kier alpha value is -1.55. The van der Waals surface area contributed by atoms with Crippen molar-refractivity contribution >= 4 is 5.97 Å². The molecule has 4 nitrogen and oxygen atoms in total. The number of hydrogen-bond acceptors (Lipinski definition) is 4. The van der Waals surface area contributed by atoms with Gasteiger partial charge in [0.25, 0.3) is 0 Å². The SMILES string of the molecule is COC(=O)C1(Cc2cccc(OC)c2)CCCCN1. The zero-order valence-electron chi connectivity index (χ0n) is 11.6. The maximum absolute atomic E-state index is 12.1. The number of ether oxygens (including phenoxy) is 2. The van der Waals surface area contributed by atoms with Crippen LogP contribution in [0.5, 0.6) is 5.75 Å². The van der Waals surface area contributed by atoms with Crippen molar-refractivity contribution in [3.63, 3.8) is 0 Å². The van der Waals surface area contributed by atoms with Gasteiger partial charge in [-0.1, -0.05) is 12.1 Å². The average molecular weight is 263 g/mol. The molecule has 1 atom stereocenters. The van der Waals surface area contributed by atoms with Gasteiger partial charge in [-0.3, -0.25) is 4.79 Å². The van der Waals surface area contributed by atoms with Crippen LogP contribution in [-0.2, 0) is 16.0 Å². The number of piperidine rings is 1. The summed E-state index contributed by atoms with van der Waals surface area (Å²) in [5, 5.41) is 3.35. The fraction of sp³-hybridized carbons (Fsp3) is 0.533. The Morgan fingerprint density at radius 3 is 2.84 bits per heavy atom. The molecule has 0 spiro atoms. The van der Waals surface area contributed by atoms with Crippen LogP contribution in [0, 0.1) is 0 Å². The highest BCUT2D eigenvalue weighted by Gasteiger charge is 2.40. The van der Waals surface area contributed by atoms with Crippen LogP contribution in [0.25, 0.3) is 0 Å². The van der Waals surface area contributed by atoms with Gasteiger partial charge >= 0.3 is 5.97 Å². The summed E-state index contributed by atoms with van der Waals surface area (Å²) in [6.45, 7) is 0.860. The van der Waals surface area contributed by atoms with Gasteiger partial charge in [-0.25, -0.2) is 0 Å². The van der Waals surface area contributed by atoms with Crippen LogP contribution in [0.2, 0.25) is 0 Å². The number of nitrogens with one attached hydrogen (secondary N) is 1. The molecule has 1 N–H and O–H groups in total. The molecular formula is C15H21NO3. The standard InChI is InChI=1S/C15H21NO3/c1-18-13-7-5-6-12(10-13)11-15(14(17)19-2)8-3-4-9-16-15/h5-7,10,16H,3-4,8-9,11H2,1-2H3. The third-order valence-electron chi connectivity index (χ3n) is 3.71. The van der Waals surface area contributed by atoms with Crippen LogP contribution < -0.4 is 10.1 Å². The number of rotatable bonds is 4. The molecule has 0 saturated carbocycles. The highest BCUT2D eigenvalue weighted by molar-refractivity contribution is 5.81. The quantitative estimate of drug-likeness (QED) is 0.843. The second-order valence-electron chi connectivity index (χ2n) is 4.99. The van der Waals surface area contributed by atoms with Gasteiger partial charge in [0, 0.05) is 6.42 Å². The molecule has 104 valence electrons. The number of carbonyl (C=O) groups excluding carboxylic acids is 1. The van der Waals surface area contributed by atoms with Crippen LogP contribution in [0.4, 0.5) is 0 Å². The predicted octanol–water partition coefficient (Wildman–Crippen LogP) is 1.92. The number of hydrogen-bond donors (Lipinski definition) is 1. The summed E-state index contributed by atoms with van der Waals surface area (Å²) in [4.78, 5) is 12.1. The maximum atomic E-state index is 12.1. The summed E-state index contributed by atoms with van der Waals surface area (Å²) in [5.41, 5.74) is 0.499. The zero-order chi connectivity index (χ0) is 13.7. The highest BCUT2D eigenvalue weighted by atomic mass is 16.5. The van der Waals surface area contributed by atoms with E-state index in [1.54, 1.807) is 7.11 Å². The molecule has 0 radical (unpaired) electrons. The van der Waals surface area contributed by atoms with E-state index in [2.05, 4.69) is 5.32 Å². The second kappa shape index (κ2) is 6.06. The van der Waals surface area contributed by atoms with Gasteiger partial charge in [-0.05, 0) is 43.5 Å². The molecule has 19 heavy (non-hydrogen) atoms. The summed E-state index contributed by atoms with van der Waals surface area (Å²) in [6, 6.07) is 7.84. The van der Waals surface area contributed by atoms with Gasteiger partial charge in [-0.2, -0.15) is 0 Å². The van der Waals surface area contributed by atoms with Gasteiger partial charge in [0.2, 0.25) is 0 Å². The highest BCUT2D eigenvalue weighted by Crippen LogP contribution is 2.26. The molecule has 1 fully saturated rings. The van der Waals surface area contributed by atoms with Crippen LogP contribution in [-0.4, -0.2) is 32.3 Å². The molecule has 0 aromatic heterocycles. The number of benzene rings is 1. The molecule has 0 bridgehead atoms. The average Bonchev–Trinajstić information content (AvgIpc) is 2.47. The van der Waals surface area contributed by atoms with Crippen molar-refractivity contribution in [2.24, 2.45) is 0 Å². The number of carbonyl (C=O) groups is 1. The van der Waals surface area contributed by atoms with Gasteiger partial charge < -0.3 is 14.8 Å². The molecule has 1 unspecified atom stereocenters. The molecule has 4 heteroatoms. The van der Waals surface area contributed by atoms with Crippen molar-refractivity contribution < 1.29 is 14.3 Å². The molecule has 1 aliphatic rings. The number of methoxy groups -OCH3 is 2. The van der Waals surface area contributed by atoms with Crippen molar-refractivity contribution in [1.82, 2.24) is 5.32 Å². The van der Waals surface area contributed by atoms with E-state index in [0.29, 0.717) is 6.42 Å². The predicted molar refractivity (Wildman–Crippen MR) is 73.3 cm³/mol. The van der Waals surface area contributed by atoms with Crippen LogP contribution in [0.1, 0.15) is 24.8 Å². The lowest BCUT2D eigenvalue weighted by atomic mass is 9.83. The van der Waals surface area contributed by atoms with Crippen molar-refractivity contribution in [2.75, 3.05) is 20.8 Å². The fourth-order valence-corrected chi connectivity index (χ4v) is 2.69. The summed E-state index contributed by atoms with van der Waals surface area (Å²) in [5.74, 6) is 0.642. The third-order valence-corrected chi connectivity index (χ3v) is 3.71. The molecule has 1 aliphatic heterocycles. The Morgan fingerprint density at radius 2 is 2.21 bits per heavy atom. The van der Waals surface area contributed by atoms with Crippen molar-refractivity contribution in [2.45, 2.75) is 31.2 Å². The molecule has 1 aromatic rings. The van der Waals surface area contributed by atoms with Gasteiger partial charge in [-0.15, -0.1) is 0 Å². The van der Waals surface area contributed by atoms with Gasteiger partial charge in [0.1, 0.15) is 11.3 Å². The topological polar surface area (TPSA) is 47.6 Å². The fourth-order valence-electron chi connectivity index (χ4n) is 2.69. The maximum Gasteiger partial charge on any atom is 0.326 e. The first kappa shape index (κ1) is 13.9. The monoisotopic (exact) mass is 263 g/mol. The Bertz CT molecular complexity index is 439. The Kier molecular flexibility index (Phi) is 4.43. The number of esters is 1. The first-order valence-electron chi connectivity index (χ1n) is 6.66. The summed E-state index contributed by atoms with van der Waals surface area (Å²) in [7, 11) is 3.10. The minimum absolute atomic E-state index is 0.171. The smallest absolute Gasteiger partial charge is 0.326 e. The molecule has 0 amide bonds. The lowest BCUT2D eigenvalue weighted by Crippen LogP contribution is -2.56. The Morgan fingerprint density at radius 1 is 1.37 bits per heavy atom. The summed E-state index contributed by atoms with van der Waals surface area (Å²) in [6.07, 6.45) is 3.61. The van der Waals surface area contributed by atoms with E-state index in [9.17, 15) is 4.79 Å². The Labute approximate surface area is 114 Å². The van der Waals surface area contributed by atoms with Crippen LogP contribution >= 0.6 is 0 Å². The lowest BCUT2D eigenvalue weighted by molar-refractivity contribution is -0.149. The molecule has 0 aliphatic carbocycles. The minimum atomic E-state index is -0.584. The molecular weight excluding hydrogens is 242 g/mol. The normalized spacial score (nSPS) is 22.8. The Balaban J connectivity index is 2.21. The first-order chi connectivity index (χ1) is 9.20. The van der Waals surface area contributed by atoms with Crippen LogP contribution in [0.3, 0.4) is 0 Å². The summed E-state index contributed by atoms with van der Waals surface area (Å²) >= 11 is 0. The van der Waals surface area contributed by atoms with E-state index in [-0.39, 0.29) is 5.97 Å². The lowest BCUT2D eigenvalue weighted by Gasteiger charge is -2.35. The van der Waals surface area contributed by atoms with Crippen molar-refractivity contribution in [3.8, 4) is 5.75 Å². The van der Waals surface area contributed by atoms with E-state index in [4.69, 9.17) is 9.47 Å². The van der Waals surface area contributed by atoms with E-state index in [1.165, 1.54) is 7.11 Å². The molecule has 2 rings (SSSR count). The van der Waals surface area contributed by atoms with Crippen LogP contribution in [0.15, 0.2) is 24.3 Å². The van der Waals surface area contributed by atoms with E-state index >= 15 is 0 Å². The van der Waals surface area contributed by atoms with E-state index in [0.717, 1.165) is 37.1 Å². The zero-order valence-corrected chi connectivity index (χ0v) is 11.6. The third kappa shape index (κ3) is 3.07. The van der Waals surface area contributed by atoms with Crippen molar-refractivity contribution in [3.05, 3.63) is 29.8 Å². The van der Waals surface area contributed by atoms with E-state index in [1.807, 2.05) is 24.3 Å². The molecule has 1 saturated heterocycles. The summed E-state index contributed by atoms with van der Waals surface area (Å²) < 4.78 is 10.2.